The molecule has 1 aliphatic rings. The van der Waals surface area contributed by atoms with E-state index in [4.69, 9.17) is 4.74 Å². The van der Waals surface area contributed by atoms with Gasteiger partial charge in [-0.3, -0.25) is 4.79 Å². The van der Waals surface area contributed by atoms with Crippen molar-refractivity contribution >= 4 is 27.5 Å². The normalized spacial score (nSPS) is 18.7. The number of benzene rings is 1. The van der Waals surface area contributed by atoms with Gasteiger partial charge in [0.25, 0.3) is 0 Å². The summed E-state index contributed by atoms with van der Waals surface area (Å²) in [7, 11) is 1.61. The van der Waals surface area contributed by atoms with Gasteiger partial charge in [-0.1, -0.05) is 15.9 Å². The summed E-state index contributed by atoms with van der Waals surface area (Å²) in [5.74, 6) is 1.24. The van der Waals surface area contributed by atoms with E-state index in [1.54, 1.807) is 7.11 Å². The number of carbonyl (C=O) groups excluding carboxylic acids is 1. The van der Waals surface area contributed by atoms with Crippen LogP contribution in [0.5, 0.6) is 5.75 Å². The fraction of sp³-hybridized carbons (Fsp3) is 0.462. The number of anilines is 1. The second-order valence-corrected chi connectivity index (χ2v) is 5.41. The van der Waals surface area contributed by atoms with Crippen LogP contribution in [0.25, 0.3) is 0 Å². The first-order valence-corrected chi connectivity index (χ1v) is 6.82. The first kappa shape index (κ1) is 13.4. The molecule has 0 spiro atoms. The minimum Gasteiger partial charge on any atom is -0.497 e. The summed E-state index contributed by atoms with van der Waals surface area (Å²) in [5.41, 5.74) is 0.761. The third kappa shape index (κ3) is 3.71. The number of methoxy groups -OCH3 is 1. The van der Waals surface area contributed by atoms with Crippen LogP contribution in [0, 0.1) is 5.92 Å². The van der Waals surface area contributed by atoms with Crippen LogP contribution in [0.3, 0.4) is 0 Å². The average Bonchev–Trinajstić information content (AvgIpc) is 2.80. The van der Waals surface area contributed by atoms with Crippen LogP contribution in [-0.4, -0.2) is 26.1 Å². The fourth-order valence-electron chi connectivity index (χ4n) is 2.12. The van der Waals surface area contributed by atoms with Crippen LogP contribution in [-0.2, 0) is 4.79 Å². The molecule has 1 aromatic rings. The van der Waals surface area contributed by atoms with Gasteiger partial charge in [-0.15, -0.1) is 0 Å². The molecule has 0 radical (unpaired) electrons. The highest BCUT2D eigenvalue weighted by Gasteiger charge is 2.18. The maximum atomic E-state index is 11.9. The van der Waals surface area contributed by atoms with Crippen molar-refractivity contribution in [1.82, 2.24) is 5.32 Å². The Hall–Kier alpha value is -1.07. The molecule has 1 saturated heterocycles. The Morgan fingerprint density at radius 2 is 2.39 bits per heavy atom. The van der Waals surface area contributed by atoms with Crippen molar-refractivity contribution in [2.24, 2.45) is 5.92 Å². The molecular weight excluding hydrogens is 296 g/mol. The van der Waals surface area contributed by atoms with Crippen LogP contribution in [0.1, 0.15) is 12.8 Å². The largest absolute Gasteiger partial charge is 0.497 e. The van der Waals surface area contributed by atoms with Gasteiger partial charge in [0.2, 0.25) is 5.91 Å². The Morgan fingerprint density at radius 3 is 3.06 bits per heavy atom. The molecule has 2 rings (SSSR count). The number of hydrogen-bond donors (Lipinski definition) is 2. The number of carbonyl (C=O) groups is 1. The van der Waals surface area contributed by atoms with E-state index >= 15 is 0 Å². The first-order chi connectivity index (χ1) is 8.67. The van der Waals surface area contributed by atoms with Crippen LogP contribution in [0.4, 0.5) is 5.69 Å². The topological polar surface area (TPSA) is 50.4 Å². The second kappa shape index (κ2) is 6.20. The number of amides is 1. The molecule has 1 amide bonds. The molecule has 1 atom stereocenters. The van der Waals surface area contributed by atoms with Crippen LogP contribution >= 0.6 is 15.9 Å². The molecule has 98 valence electrons. The smallest absolute Gasteiger partial charge is 0.224 e. The Morgan fingerprint density at radius 1 is 1.56 bits per heavy atom. The predicted molar refractivity (Wildman–Crippen MR) is 74.9 cm³/mol. The van der Waals surface area contributed by atoms with Crippen molar-refractivity contribution in [3.8, 4) is 5.75 Å². The Labute approximate surface area is 115 Å². The van der Waals surface area contributed by atoms with Crippen molar-refractivity contribution in [2.45, 2.75) is 12.8 Å². The molecule has 1 fully saturated rings. The zero-order chi connectivity index (χ0) is 13.0. The fourth-order valence-corrected chi connectivity index (χ4v) is 2.59. The molecule has 1 aliphatic heterocycles. The summed E-state index contributed by atoms with van der Waals surface area (Å²) in [6.45, 7) is 1.96. The van der Waals surface area contributed by atoms with Gasteiger partial charge in [-0.25, -0.2) is 0 Å². The Bertz CT molecular complexity index is 431. The summed E-state index contributed by atoms with van der Waals surface area (Å²) < 4.78 is 6.05. The molecular formula is C13H17BrN2O2. The summed E-state index contributed by atoms with van der Waals surface area (Å²) in [6, 6.07) is 5.54. The van der Waals surface area contributed by atoms with Crippen molar-refractivity contribution < 1.29 is 9.53 Å². The highest BCUT2D eigenvalue weighted by molar-refractivity contribution is 9.10. The summed E-state index contributed by atoms with van der Waals surface area (Å²) in [5, 5.41) is 6.17. The Balaban J connectivity index is 1.95. The van der Waals surface area contributed by atoms with Crippen molar-refractivity contribution in [2.75, 3.05) is 25.5 Å². The van der Waals surface area contributed by atoms with E-state index in [1.165, 1.54) is 0 Å². The highest BCUT2D eigenvalue weighted by atomic mass is 79.9. The van der Waals surface area contributed by atoms with Crippen LogP contribution in [0.15, 0.2) is 22.7 Å². The first-order valence-electron chi connectivity index (χ1n) is 6.02. The molecule has 5 heteroatoms. The van der Waals surface area contributed by atoms with Gasteiger partial charge in [0.05, 0.1) is 7.11 Å². The molecule has 0 aromatic heterocycles. The molecule has 0 bridgehead atoms. The van der Waals surface area contributed by atoms with Gasteiger partial charge < -0.3 is 15.4 Å². The maximum Gasteiger partial charge on any atom is 0.224 e. The van der Waals surface area contributed by atoms with Gasteiger partial charge in [-0.2, -0.15) is 0 Å². The highest BCUT2D eigenvalue weighted by Crippen LogP contribution is 2.25. The van der Waals surface area contributed by atoms with Gasteiger partial charge >= 0.3 is 0 Å². The molecule has 18 heavy (non-hydrogen) atoms. The zero-order valence-corrected chi connectivity index (χ0v) is 11.9. The van der Waals surface area contributed by atoms with Crippen molar-refractivity contribution in [3.05, 3.63) is 22.7 Å². The van der Waals surface area contributed by atoms with Crippen molar-refractivity contribution in [3.63, 3.8) is 0 Å². The third-order valence-corrected chi connectivity index (χ3v) is 3.49. The average molecular weight is 313 g/mol. The lowest BCUT2D eigenvalue weighted by atomic mass is 10.0. The minimum atomic E-state index is 0.0591. The maximum absolute atomic E-state index is 11.9. The van der Waals surface area contributed by atoms with Gasteiger partial charge in [0, 0.05) is 22.6 Å². The molecule has 1 unspecified atom stereocenters. The van der Waals surface area contributed by atoms with E-state index in [-0.39, 0.29) is 5.91 Å². The number of nitrogens with one attached hydrogen (secondary N) is 2. The number of rotatable bonds is 4. The standard InChI is InChI=1S/C13H17BrN2O2/c1-18-12-6-10(14)5-11(7-12)16-13(17)4-9-2-3-15-8-9/h5-7,9,15H,2-4,8H2,1H3,(H,16,17). The second-order valence-electron chi connectivity index (χ2n) is 4.49. The molecule has 0 aliphatic carbocycles. The van der Waals surface area contributed by atoms with E-state index in [0.29, 0.717) is 12.3 Å². The van der Waals surface area contributed by atoms with E-state index in [2.05, 4.69) is 26.6 Å². The quantitative estimate of drug-likeness (QED) is 0.897. The summed E-state index contributed by atoms with van der Waals surface area (Å²) in [6.07, 6.45) is 1.65. The zero-order valence-electron chi connectivity index (χ0n) is 10.3. The lowest BCUT2D eigenvalue weighted by Crippen LogP contribution is -2.18. The summed E-state index contributed by atoms with van der Waals surface area (Å²) in [4.78, 5) is 11.9. The number of hydrogen-bond acceptors (Lipinski definition) is 3. The SMILES string of the molecule is COc1cc(Br)cc(NC(=O)CC2CCNC2)c1. The molecule has 2 N–H and O–H groups in total. The van der Waals surface area contributed by atoms with E-state index < -0.39 is 0 Å². The van der Waals surface area contributed by atoms with Crippen LogP contribution < -0.4 is 15.4 Å². The van der Waals surface area contributed by atoms with Gasteiger partial charge in [0.1, 0.15) is 5.75 Å². The van der Waals surface area contributed by atoms with Crippen LogP contribution in [0.2, 0.25) is 0 Å². The monoisotopic (exact) mass is 312 g/mol. The van der Waals surface area contributed by atoms with Gasteiger partial charge in [0.15, 0.2) is 0 Å². The lowest BCUT2D eigenvalue weighted by molar-refractivity contribution is -0.116. The van der Waals surface area contributed by atoms with Gasteiger partial charge in [-0.05, 0) is 37.6 Å². The van der Waals surface area contributed by atoms with E-state index in [0.717, 1.165) is 35.4 Å². The number of ether oxygens (including phenoxy) is 1. The van der Waals surface area contributed by atoms with Crippen molar-refractivity contribution in [1.29, 1.82) is 0 Å². The lowest BCUT2D eigenvalue weighted by Gasteiger charge is -2.10. The molecule has 4 nitrogen and oxygen atoms in total. The Kier molecular flexibility index (Phi) is 4.60. The minimum absolute atomic E-state index is 0.0591. The van der Waals surface area contributed by atoms with E-state index in [1.807, 2.05) is 18.2 Å². The predicted octanol–water partition coefficient (Wildman–Crippen LogP) is 2.40. The molecule has 1 heterocycles. The molecule has 1 aromatic carbocycles. The van der Waals surface area contributed by atoms with E-state index in [9.17, 15) is 4.79 Å². The third-order valence-electron chi connectivity index (χ3n) is 3.03. The molecule has 0 saturated carbocycles. The number of halogens is 1. The summed E-state index contributed by atoms with van der Waals surface area (Å²) >= 11 is 3.39.